The molecule has 7 rings (SSSR count). The predicted octanol–water partition coefficient (Wildman–Crippen LogP) is 7.11. The average Bonchev–Trinajstić information content (AvgIpc) is 3.82. The molecule has 240 valence electrons. The van der Waals surface area contributed by atoms with Crippen LogP contribution in [0.5, 0.6) is 0 Å². The lowest BCUT2D eigenvalue weighted by molar-refractivity contribution is -0.124. The SMILES string of the molecule is CNC(=O)[C@@H]1CCN(Cc2cc(C#N)c3oc(-c4cccc(-c5cccc(-c6nc7c(s6)CN(C(C)C)CC7)c5C)c4C)nc3c2)C1. The zero-order valence-electron chi connectivity index (χ0n) is 27.7. The zero-order valence-corrected chi connectivity index (χ0v) is 28.5. The molecule has 47 heavy (non-hydrogen) atoms. The van der Waals surface area contributed by atoms with Gasteiger partial charge in [0.25, 0.3) is 0 Å². The van der Waals surface area contributed by atoms with E-state index in [1.165, 1.54) is 21.7 Å². The van der Waals surface area contributed by atoms with Crippen LogP contribution in [0.1, 0.15) is 53.1 Å². The first-order valence-corrected chi connectivity index (χ1v) is 17.3. The van der Waals surface area contributed by atoms with Gasteiger partial charge >= 0.3 is 0 Å². The Bertz CT molecular complexity index is 2040. The van der Waals surface area contributed by atoms with Gasteiger partial charge < -0.3 is 9.73 Å². The second kappa shape index (κ2) is 12.7. The summed E-state index contributed by atoms with van der Waals surface area (Å²) < 4.78 is 6.32. The Labute approximate surface area is 280 Å². The highest BCUT2D eigenvalue weighted by atomic mass is 32.1. The summed E-state index contributed by atoms with van der Waals surface area (Å²) in [6.45, 7) is 13.1. The van der Waals surface area contributed by atoms with Gasteiger partial charge in [0.1, 0.15) is 16.6 Å². The number of nitriles is 1. The molecule has 3 aromatic carbocycles. The van der Waals surface area contributed by atoms with Crippen LogP contribution in [0.3, 0.4) is 0 Å². The summed E-state index contributed by atoms with van der Waals surface area (Å²) >= 11 is 1.83. The standard InChI is InChI=1S/C38H40N6O2S/c1-22(2)44-15-13-32-34(21-44)47-38(42-32)31-11-7-9-29(24(31)4)28-8-6-10-30(23(28)3)37-41-33-17-25(16-27(18-39)35(33)46-37)19-43-14-12-26(20-43)36(45)40-5/h6-11,16-17,22,26H,12-15,19-21H2,1-5H3,(H,40,45)/t26-/m1/s1. The first-order chi connectivity index (χ1) is 22.7. The molecule has 1 atom stereocenters. The summed E-state index contributed by atoms with van der Waals surface area (Å²) in [5.74, 6) is 0.589. The van der Waals surface area contributed by atoms with Crippen molar-refractivity contribution >= 4 is 28.3 Å². The molecule has 1 fully saturated rings. The Morgan fingerprint density at radius 1 is 1.06 bits per heavy atom. The number of fused-ring (bicyclic) bond motifs is 2. The van der Waals surface area contributed by atoms with Gasteiger partial charge in [-0.15, -0.1) is 11.3 Å². The lowest BCUT2D eigenvalue weighted by Gasteiger charge is -2.29. The van der Waals surface area contributed by atoms with Crippen molar-refractivity contribution in [2.45, 2.75) is 59.7 Å². The molecule has 2 aromatic heterocycles. The van der Waals surface area contributed by atoms with E-state index < -0.39 is 0 Å². The topological polar surface area (TPSA) is 98.3 Å². The third-order valence-corrected chi connectivity index (χ3v) is 11.0. The maximum absolute atomic E-state index is 12.1. The van der Waals surface area contributed by atoms with E-state index in [1.807, 2.05) is 35.6 Å². The summed E-state index contributed by atoms with van der Waals surface area (Å²) in [7, 11) is 1.68. The van der Waals surface area contributed by atoms with E-state index >= 15 is 0 Å². The van der Waals surface area contributed by atoms with Crippen molar-refractivity contribution in [3.63, 3.8) is 0 Å². The van der Waals surface area contributed by atoms with Gasteiger partial charge in [-0.2, -0.15) is 5.26 Å². The second-order valence-electron chi connectivity index (χ2n) is 13.1. The van der Waals surface area contributed by atoms with Gasteiger partial charge in [0.15, 0.2) is 5.58 Å². The summed E-state index contributed by atoms with van der Waals surface area (Å²) in [4.78, 5) is 28.3. The van der Waals surface area contributed by atoms with Crippen LogP contribution in [0.15, 0.2) is 52.9 Å². The van der Waals surface area contributed by atoms with Crippen LogP contribution in [0.2, 0.25) is 0 Å². The molecule has 4 heterocycles. The van der Waals surface area contributed by atoms with Crippen LogP contribution in [0.4, 0.5) is 0 Å². The fraction of sp³-hybridized carbons (Fsp3) is 0.368. The van der Waals surface area contributed by atoms with Crippen LogP contribution >= 0.6 is 11.3 Å². The molecule has 9 heteroatoms. The molecule has 0 bridgehead atoms. The maximum Gasteiger partial charge on any atom is 0.227 e. The summed E-state index contributed by atoms with van der Waals surface area (Å²) in [5.41, 5.74) is 10.5. The normalized spacial score (nSPS) is 16.9. The van der Waals surface area contributed by atoms with E-state index in [2.05, 4.69) is 73.1 Å². The molecule has 0 radical (unpaired) electrons. The van der Waals surface area contributed by atoms with Gasteiger partial charge in [-0.25, -0.2) is 9.97 Å². The number of benzene rings is 3. The number of aromatic nitrogens is 2. The number of thiazole rings is 1. The van der Waals surface area contributed by atoms with Crippen molar-refractivity contribution in [3.05, 3.63) is 81.4 Å². The molecule has 2 aliphatic heterocycles. The van der Waals surface area contributed by atoms with Gasteiger partial charge in [-0.3, -0.25) is 14.6 Å². The van der Waals surface area contributed by atoms with Crippen LogP contribution in [-0.4, -0.2) is 58.4 Å². The molecule has 5 aromatic rings. The molecular weight excluding hydrogens is 605 g/mol. The van der Waals surface area contributed by atoms with Crippen molar-refractivity contribution in [1.82, 2.24) is 25.1 Å². The van der Waals surface area contributed by atoms with Gasteiger partial charge in [0.05, 0.1) is 17.2 Å². The van der Waals surface area contributed by atoms with Crippen molar-refractivity contribution < 1.29 is 9.21 Å². The fourth-order valence-electron chi connectivity index (χ4n) is 7.12. The van der Waals surface area contributed by atoms with E-state index in [9.17, 15) is 10.1 Å². The Morgan fingerprint density at radius 2 is 1.79 bits per heavy atom. The lowest BCUT2D eigenvalue weighted by atomic mass is 9.91. The van der Waals surface area contributed by atoms with Gasteiger partial charge in [-0.1, -0.05) is 30.3 Å². The van der Waals surface area contributed by atoms with Crippen molar-refractivity contribution in [1.29, 1.82) is 5.26 Å². The first kappa shape index (κ1) is 31.3. The highest BCUT2D eigenvalue weighted by Crippen LogP contribution is 2.40. The average molecular weight is 645 g/mol. The van der Waals surface area contributed by atoms with Crippen LogP contribution in [0, 0.1) is 31.1 Å². The monoisotopic (exact) mass is 644 g/mol. The molecule has 2 aliphatic rings. The molecule has 8 nitrogen and oxygen atoms in total. The number of oxazole rings is 1. The third kappa shape index (κ3) is 5.86. The number of hydrogen-bond donors (Lipinski definition) is 1. The van der Waals surface area contributed by atoms with E-state index in [1.54, 1.807) is 7.05 Å². The Kier molecular flexibility index (Phi) is 8.43. The van der Waals surface area contributed by atoms with E-state index in [0.717, 1.165) is 65.3 Å². The highest BCUT2D eigenvalue weighted by molar-refractivity contribution is 7.15. The number of carbonyl (C=O) groups excluding carboxylic acids is 1. The van der Waals surface area contributed by atoms with Crippen molar-refractivity contribution in [2.75, 3.05) is 26.7 Å². The van der Waals surface area contributed by atoms with E-state index in [4.69, 9.17) is 14.4 Å². The molecule has 0 spiro atoms. The summed E-state index contributed by atoms with van der Waals surface area (Å²) in [5, 5.41) is 13.9. The van der Waals surface area contributed by atoms with Gasteiger partial charge in [0.2, 0.25) is 11.8 Å². The Hall–Kier alpha value is -4.36. The van der Waals surface area contributed by atoms with Gasteiger partial charge in [-0.05, 0) is 86.7 Å². The zero-order chi connectivity index (χ0) is 32.8. The molecule has 1 amide bonds. The minimum Gasteiger partial charge on any atom is -0.435 e. The highest BCUT2D eigenvalue weighted by Gasteiger charge is 2.28. The molecule has 1 N–H and O–H groups in total. The number of amides is 1. The number of hydrogen-bond acceptors (Lipinski definition) is 8. The fourth-order valence-corrected chi connectivity index (χ4v) is 8.34. The first-order valence-electron chi connectivity index (χ1n) is 16.4. The molecular formula is C38H40N6O2S. The van der Waals surface area contributed by atoms with Crippen LogP contribution < -0.4 is 5.32 Å². The number of carbonyl (C=O) groups is 1. The third-order valence-electron chi connectivity index (χ3n) is 9.88. The number of nitrogens with one attached hydrogen (secondary N) is 1. The molecule has 0 saturated carbocycles. The second-order valence-corrected chi connectivity index (χ2v) is 14.2. The summed E-state index contributed by atoms with van der Waals surface area (Å²) in [6, 6.07) is 19.5. The van der Waals surface area contributed by atoms with Crippen LogP contribution in [0.25, 0.3) is 44.3 Å². The van der Waals surface area contributed by atoms with E-state index in [0.29, 0.717) is 41.7 Å². The van der Waals surface area contributed by atoms with Crippen molar-refractivity contribution in [2.24, 2.45) is 5.92 Å². The van der Waals surface area contributed by atoms with Crippen LogP contribution in [-0.2, 0) is 24.3 Å². The number of nitrogens with zero attached hydrogens (tertiary/aromatic N) is 5. The molecule has 0 unspecified atom stereocenters. The van der Waals surface area contributed by atoms with E-state index in [-0.39, 0.29) is 11.8 Å². The quantitative estimate of drug-likeness (QED) is 0.202. The van der Waals surface area contributed by atoms with Gasteiger partial charge in [0, 0.05) is 61.7 Å². The predicted molar refractivity (Wildman–Crippen MR) is 187 cm³/mol. The Morgan fingerprint density at radius 3 is 2.51 bits per heavy atom. The minimum absolute atomic E-state index is 0.0000218. The number of likely N-dealkylation sites (tertiary alicyclic amines) is 1. The molecule has 1 saturated heterocycles. The lowest BCUT2D eigenvalue weighted by Crippen LogP contribution is -2.35. The summed E-state index contributed by atoms with van der Waals surface area (Å²) in [6.07, 6.45) is 1.84. The number of rotatable bonds is 7. The maximum atomic E-state index is 12.1. The molecule has 0 aliphatic carbocycles. The smallest absolute Gasteiger partial charge is 0.227 e. The van der Waals surface area contributed by atoms with Crippen molar-refractivity contribution in [3.8, 4) is 39.2 Å². The Balaban J connectivity index is 1.19. The minimum atomic E-state index is -0.0000218. The largest absolute Gasteiger partial charge is 0.435 e.